The van der Waals surface area contributed by atoms with Gasteiger partial charge in [0.1, 0.15) is 5.76 Å². The van der Waals surface area contributed by atoms with E-state index in [9.17, 15) is 4.79 Å². The summed E-state index contributed by atoms with van der Waals surface area (Å²) in [5, 5.41) is 11.3. The standard InChI is InChI=1S/C6H7NO2/c1-2-4-5(8)3-6(9)7-4/h2-3,8H,1H3,(H,7,9). The average molecular weight is 125 g/mol. The summed E-state index contributed by atoms with van der Waals surface area (Å²) in [7, 11) is 0. The Hall–Kier alpha value is -1.25. The zero-order chi connectivity index (χ0) is 6.85. The van der Waals surface area contributed by atoms with Crippen LogP contribution in [0.15, 0.2) is 23.6 Å². The lowest BCUT2D eigenvalue weighted by atomic mass is 10.4. The molecule has 0 radical (unpaired) electrons. The molecule has 2 N–H and O–H groups in total. The molecule has 0 atom stereocenters. The number of carbonyl (C=O) groups is 1. The molecule has 0 aromatic heterocycles. The zero-order valence-electron chi connectivity index (χ0n) is 5.01. The number of aliphatic hydroxyl groups excluding tert-OH is 1. The second-order valence-electron chi connectivity index (χ2n) is 1.72. The third-order valence-electron chi connectivity index (χ3n) is 1.09. The van der Waals surface area contributed by atoms with Crippen LogP contribution < -0.4 is 5.32 Å². The lowest BCUT2D eigenvalue weighted by molar-refractivity contribution is -0.115. The van der Waals surface area contributed by atoms with Gasteiger partial charge in [0.25, 0.3) is 5.91 Å². The van der Waals surface area contributed by atoms with Crippen molar-refractivity contribution in [1.29, 1.82) is 0 Å². The second kappa shape index (κ2) is 1.93. The maximum atomic E-state index is 10.4. The first-order valence-corrected chi connectivity index (χ1v) is 2.62. The molecule has 0 spiro atoms. The summed E-state index contributed by atoms with van der Waals surface area (Å²) in [4.78, 5) is 10.4. The summed E-state index contributed by atoms with van der Waals surface area (Å²) in [5.41, 5.74) is 0.486. The summed E-state index contributed by atoms with van der Waals surface area (Å²) in [6.07, 6.45) is 2.78. The molecule has 1 heterocycles. The molecule has 1 aliphatic heterocycles. The van der Waals surface area contributed by atoms with Crippen molar-refractivity contribution in [2.24, 2.45) is 0 Å². The van der Waals surface area contributed by atoms with E-state index in [1.807, 2.05) is 0 Å². The molecule has 0 saturated heterocycles. The highest BCUT2D eigenvalue weighted by molar-refractivity contribution is 5.93. The Morgan fingerprint density at radius 2 is 2.44 bits per heavy atom. The molecule has 3 heteroatoms. The fourth-order valence-electron chi connectivity index (χ4n) is 0.655. The van der Waals surface area contributed by atoms with Gasteiger partial charge in [-0.05, 0) is 6.92 Å². The Balaban J connectivity index is 2.89. The molecule has 0 unspecified atom stereocenters. The molecular formula is C6H7NO2. The average Bonchev–Trinajstić information content (AvgIpc) is 2.10. The summed E-state index contributed by atoms with van der Waals surface area (Å²) in [6, 6.07) is 0. The van der Waals surface area contributed by atoms with Crippen LogP contribution in [0.4, 0.5) is 0 Å². The number of amides is 1. The molecular weight excluding hydrogens is 118 g/mol. The van der Waals surface area contributed by atoms with Crippen molar-refractivity contribution in [2.75, 3.05) is 0 Å². The monoisotopic (exact) mass is 125 g/mol. The van der Waals surface area contributed by atoms with Crippen molar-refractivity contribution in [3.63, 3.8) is 0 Å². The number of carbonyl (C=O) groups excluding carboxylic acids is 1. The smallest absolute Gasteiger partial charge is 0.252 e. The predicted molar refractivity (Wildman–Crippen MR) is 32.6 cm³/mol. The molecule has 0 saturated carbocycles. The Morgan fingerprint density at radius 1 is 1.78 bits per heavy atom. The van der Waals surface area contributed by atoms with Crippen LogP contribution in [0, 0.1) is 0 Å². The van der Waals surface area contributed by atoms with E-state index in [1.54, 1.807) is 13.0 Å². The Bertz CT molecular complexity index is 203. The zero-order valence-corrected chi connectivity index (χ0v) is 5.01. The van der Waals surface area contributed by atoms with Crippen LogP contribution in [-0.2, 0) is 4.79 Å². The van der Waals surface area contributed by atoms with Crippen molar-refractivity contribution < 1.29 is 9.90 Å². The number of nitrogens with one attached hydrogen (secondary N) is 1. The van der Waals surface area contributed by atoms with Gasteiger partial charge in [-0.1, -0.05) is 6.08 Å². The Labute approximate surface area is 52.7 Å². The largest absolute Gasteiger partial charge is 0.506 e. The molecule has 1 aliphatic rings. The SMILES string of the molecule is CC=C1NC(=O)C=C1O. The molecule has 48 valence electrons. The van der Waals surface area contributed by atoms with Gasteiger partial charge in [-0.2, -0.15) is 0 Å². The van der Waals surface area contributed by atoms with Crippen LogP contribution in [0.1, 0.15) is 6.92 Å². The molecule has 3 nitrogen and oxygen atoms in total. The third-order valence-corrected chi connectivity index (χ3v) is 1.09. The fraction of sp³-hybridized carbons (Fsp3) is 0.167. The maximum Gasteiger partial charge on any atom is 0.252 e. The first-order chi connectivity index (χ1) is 4.24. The fourth-order valence-corrected chi connectivity index (χ4v) is 0.655. The van der Waals surface area contributed by atoms with Gasteiger partial charge in [0, 0.05) is 6.08 Å². The van der Waals surface area contributed by atoms with Gasteiger partial charge in [0.2, 0.25) is 0 Å². The molecule has 0 aromatic rings. The molecule has 0 aliphatic carbocycles. The summed E-state index contributed by atoms with van der Waals surface area (Å²) < 4.78 is 0. The molecule has 9 heavy (non-hydrogen) atoms. The quantitative estimate of drug-likeness (QED) is 0.494. The van der Waals surface area contributed by atoms with Gasteiger partial charge >= 0.3 is 0 Å². The van der Waals surface area contributed by atoms with Gasteiger partial charge in [-0.25, -0.2) is 0 Å². The number of aliphatic hydroxyl groups is 1. The molecule has 0 fully saturated rings. The predicted octanol–water partition coefficient (Wildman–Crippen LogP) is 0.462. The van der Waals surface area contributed by atoms with Crippen molar-refractivity contribution in [3.8, 4) is 0 Å². The summed E-state index contributed by atoms with van der Waals surface area (Å²) in [5.74, 6) is -0.247. The van der Waals surface area contributed by atoms with Gasteiger partial charge in [0.15, 0.2) is 0 Å². The van der Waals surface area contributed by atoms with Gasteiger partial charge < -0.3 is 10.4 Å². The number of allylic oxidation sites excluding steroid dienone is 1. The van der Waals surface area contributed by atoms with E-state index >= 15 is 0 Å². The van der Waals surface area contributed by atoms with Crippen LogP contribution in [0.3, 0.4) is 0 Å². The Morgan fingerprint density at radius 3 is 2.67 bits per heavy atom. The topological polar surface area (TPSA) is 49.3 Å². The van der Waals surface area contributed by atoms with Crippen molar-refractivity contribution in [2.45, 2.75) is 6.92 Å². The van der Waals surface area contributed by atoms with Crippen LogP contribution in [0.5, 0.6) is 0 Å². The third kappa shape index (κ3) is 0.937. The van der Waals surface area contributed by atoms with E-state index in [2.05, 4.69) is 5.32 Å². The lowest BCUT2D eigenvalue weighted by Gasteiger charge is -1.94. The van der Waals surface area contributed by atoms with Crippen molar-refractivity contribution >= 4 is 5.91 Å². The van der Waals surface area contributed by atoms with Gasteiger partial charge in [-0.15, -0.1) is 0 Å². The van der Waals surface area contributed by atoms with Crippen molar-refractivity contribution in [3.05, 3.63) is 23.6 Å². The molecule has 1 amide bonds. The van der Waals surface area contributed by atoms with Crippen LogP contribution in [0.2, 0.25) is 0 Å². The minimum atomic E-state index is -0.263. The number of rotatable bonds is 0. The van der Waals surface area contributed by atoms with Crippen molar-refractivity contribution in [1.82, 2.24) is 5.32 Å². The van der Waals surface area contributed by atoms with E-state index in [0.29, 0.717) is 5.70 Å². The minimum Gasteiger partial charge on any atom is -0.506 e. The van der Waals surface area contributed by atoms with Crippen LogP contribution >= 0.6 is 0 Å². The van der Waals surface area contributed by atoms with E-state index in [4.69, 9.17) is 5.11 Å². The normalized spacial score (nSPS) is 22.1. The molecule has 0 bridgehead atoms. The molecule has 0 aromatic carbocycles. The first-order valence-electron chi connectivity index (χ1n) is 2.62. The lowest BCUT2D eigenvalue weighted by Crippen LogP contribution is -2.13. The first kappa shape index (κ1) is 5.88. The summed E-state index contributed by atoms with van der Waals surface area (Å²) in [6.45, 7) is 1.74. The van der Waals surface area contributed by atoms with E-state index in [-0.39, 0.29) is 11.7 Å². The second-order valence-corrected chi connectivity index (χ2v) is 1.72. The van der Waals surface area contributed by atoms with E-state index in [1.165, 1.54) is 0 Å². The van der Waals surface area contributed by atoms with Gasteiger partial charge in [-0.3, -0.25) is 4.79 Å². The summed E-state index contributed by atoms with van der Waals surface area (Å²) >= 11 is 0. The van der Waals surface area contributed by atoms with E-state index in [0.717, 1.165) is 6.08 Å². The minimum absolute atomic E-state index is 0.0162. The van der Waals surface area contributed by atoms with Crippen LogP contribution in [-0.4, -0.2) is 11.0 Å². The van der Waals surface area contributed by atoms with E-state index < -0.39 is 0 Å². The highest BCUT2D eigenvalue weighted by atomic mass is 16.3. The Kier molecular flexibility index (Phi) is 1.26. The maximum absolute atomic E-state index is 10.4. The molecule has 1 rings (SSSR count). The van der Waals surface area contributed by atoms with Gasteiger partial charge in [0.05, 0.1) is 5.70 Å². The number of hydrogen-bond acceptors (Lipinski definition) is 2. The highest BCUT2D eigenvalue weighted by Crippen LogP contribution is 2.07. The van der Waals surface area contributed by atoms with Crippen LogP contribution in [0.25, 0.3) is 0 Å². The number of hydrogen-bond donors (Lipinski definition) is 2. The highest BCUT2D eigenvalue weighted by Gasteiger charge is 2.13.